The Morgan fingerprint density at radius 3 is 2.35 bits per heavy atom. The SMILES string of the molecule is O=C(O)c1cccc(N2CCN(c3cccc(F)c3F)CC2)n1. The first-order valence-electron chi connectivity index (χ1n) is 7.20. The molecule has 0 atom stereocenters. The minimum atomic E-state index is -1.08. The third kappa shape index (κ3) is 3.08. The van der Waals surface area contributed by atoms with E-state index in [4.69, 9.17) is 5.11 Å². The number of rotatable bonds is 3. The number of halogens is 2. The van der Waals surface area contributed by atoms with Crippen molar-refractivity contribution in [1.82, 2.24) is 4.98 Å². The van der Waals surface area contributed by atoms with E-state index in [1.807, 2.05) is 4.90 Å². The molecule has 1 aromatic carbocycles. The van der Waals surface area contributed by atoms with Crippen molar-refractivity contribution in [2.45, 2.75) is 0 Å². The number of carboxylic acid groups (broad SMARTS) is 1. The maximum atomic E-state index is 13.8. The highest BCUT2D eigenvalue weighted by molar-refractivity contribution is 5.85. The lowest BCUT2D eigenvalue weighted by atomic mass is 10.2. The normalized spacial score (nSPS) is 14.9. The minimum absolute atomic E-state index is 0.0129. The van der Waals surface area contributed by atoms with E-state index in [0.29, 0.717) is 32.0 Å². The number of hydrogen-bond acceptors (Lipinski definition) is 4. The van der Waals surface area contributed by atoms with Crippen LogP contribution in [0.5, 0.6) is 0 Å². The molecule has 0 aliphatic carbocycles. The molecule has 0 spiro atoms. The Kier molecular flexibility index (Phi) is 4.10. The molecule has 1 aliphatic heterocycles. The van der Waals surface area contributed by atoms with E-state index >= 15 is 0 Å². The molecule has 0 radical (unpaired) electrons. The predicted octanol–water partition coefficient (Wildman–Crippen LogP) is 2.38. The Morgan fingerprint density at radius 2 is 1.65 bits per heavy atom. The number of aromatic nitrogens is 1. The maximum Gasteiger partial charge on any atom is 0.354 e. The summed E-state index contributed by atoms with van der Waals surface area (Å²) >= 11 is 0. The van der Waals surface area contributed by atoms with E-state index in [2.05, 4.69) is 4.98 Å². The van der Waals surface area contributed by atoms with Crippen LogP contribution < -0.4 is 9.80 Å². The summed E-state index contributed by atoms with van der Waals surface area (Å²) in [7, 11) is 0. The van der Waals surface area contributed by atoms with Gasteiger partial charge >= 0.3 is 5.97 Å². The molecular formula is C16H15F2N3O2. The van der Waals surface area contributed by atoms with E-state index in [-0.39, 0.29) is 11.4 Å². The van der Waals surface area contributed by atoms with E-state index in [1.54, 1.807) is 23.1 Å². The highest BCUT2D eigenvalue weighted by Gasteiger charge is 2.22. The lowest BCUT2D eigenvalue weighted by Gasteiger charge is -2.36. The average Bonchev–Trinajstić information content (AvgIpc) is 2.58. The highest BCUT2D eigenvalue weighted by atomic mass is 19.2. The zero-order chi connectivity index (χ0) is 16.4. The van der Waals surface area contributed by atoms with Gasteiger partial charge in [-0.15, -0.1) is 0 Å². The van der Waals surface area contributed by atoms with E-state index in [1.165, 1.54) is 12.1 Å². The van der Waals surface area contributed by atoms with Gasteiger partial charge in [-0.3, -0.25) is 0 Å². The summed E-state index contributed by atoms with van der Waals surface area (Å²) in [5, 5.41) is 8.99. The van der Waals surface area contributed by atoms with Crippen LogP contribution in [0, 0.1) is 11.6 Å². The molecule has 7 heteroatoms. The smallest absolute Gasteiger partial charge is 0.354 e. The molecule has 3 rings (SSSR count). The Bertz CT molecular complexity index is 731. The second-order valence-corrected chi connectivity index (χ2v) is 5.23. The van der Waals surface area contributed by atoms with Gasteiger partial charge in [0.05, 0.1) is 5.69 Å². The first-order chi connectivity index (χ1) is 11.1. The maximum absolute atomic E-state index is 13.8. The van der Waals surface area contributed by atoms with Gasteiger partial charge in [-0.25, -0.2) is 18.6 Å². The van der Waals surface area contributed by atoms with Gasteiger partial charge in [-0.1, -0.05) is 12.1 Å². The van der Waals surface area contributed by atoms with Crippen molar-refractivity contribution in [2.24, 2.45) is 0 Å². The molecule has 5 nitrogen and oxygen atoms in total. The Labute approximate surface area is 131 Å². The van der Waals surface area contributed by atoms with Gasteiger partial charge < -0.3 is 14.9 Å². The van der Waals surface area contributed by atoms with Crippen LogP contribution in [0.1, 0.15) is 10.5 Å². The second kappa shape index (κ2) is 6.20. The molecule has 1 fully saturated rings. The number of benzene rings is 1. The monoisotopic (exact) mass is 319 g/mol. The summed E-state index contributed by atoms with van der Waals surface area (Å²) in [4.78, 5) is 18.8. The number of carbonyl (C=O) groups is 1. The van der Waals surface area contributed by atoms with Gasteiger partial charge in [-0.05, 0) is 24.3 Å². The van der Waals surface area contributed by atoms with Crippen LogP contribution in [0.2, 0.25) is 0 Å². The van der Waals surface area contributed by atoms with Gasteiger partial charge in [0.1, 0.15) is 5.82 Å². The summed E-state index contributed by atoms with van der Waals surface area (Å²) in [5.41, 5.74) is 0.234. The number of aromatic carboxylic acids is 1. The van der Waals surface area contributed by atoms with E-state index in [0.717, 1.165) is 6.07 Å². The average molecular weight is 319 g/mol. The number of pyridine rings is 1. The van der Waals surface area contributed by atoms with Crippen molar-refractivity contribution in [3.8, 4) is 0 Å². The van der Waals surface area contributed by atoms with Crippen LogP contribution in [-0.4, -0.2) is 42.2 Å². The molecule has 1 aromatic heterocycles. The summed E-state index contributed by atoms with van der Waals surface area (Å²) in [6.07, 6.45) is 0. The summed E-state index contributed by atoms with van der Waals surface area (Å²) < 4.78 is 27.2. The lowest BCUT2D eigenvalue weighted by Crippen LogP contribution is -2.47. The fourth-order valence-corrected chi connectivity index (χ4v) is 2.63. The first kappa shape index (κ1) is 15.2. The molecule has 0 bridgehead atoms. The van der Waals surface area contributed by atoms with Gasteiger partial charge in [0.25, 0.3) is 0 Å². The van der Waals surface area contributed by atoms with Crippen LogP contribution in [0.15, 0.2) is 36.4 Å². The van der Waals surface area contributed by atoms with Gasteiger partial charge in [0, 0.05) is 26.2 Å². The van der Waals surface area contributed by atoms with Crippen molar-refractivity contribution >= 4 is 17.5 Å². The van der Waals surface area contributed by atoms with Crippen LogP contribution in [0.3, 0.4) is 0 Å². The largest absolute Gasteiger partial charge is 0.477 e. The predicted molar refractivity (Wildman–Crippen MR) is 82.0 cm³/mol. The van der Waals surface area contributed by atoms with Crippen molar-refractivity contribution in [1.29, 1.82) is 0 Å². The molecule has 120 valence electrons. The molecule has 0 unspecified atom stereocenters. The minimum Gasteiger partial charge on any atom is -0.477 e. The van der Waals surface area contributed by atoms with E-state index in [9.17, 15) is 13.6 Å². The van der Waals surface area contributed by atoms with Crippen LogP contribution in [-0.2, 0) is 0 Å². The number of anilines is 2. The molecule has 1 aliphatic rings. The number of nitrogens with zero attached hydrogens (tertiary/aromatic N) is 3. The van der Waals surface area contributed by atoms with Crippen molar-refractivity contribution in [3.05, 3.63) is 53.7 Å². The lowest BCUT2D eigenvalue weighted by molar-refractivity contribution is 0.0690. The van der Waals surface area contributed by atoms with Gasteiger partial charge in [0.15, 0.2) is 17.3 Å². The number of carboxylic acids is 1. The standard InChI is InChI=1S/C16H15F2N3O2/c17-11-3-1-5-13(15(11)18)20-7-9-21(10-8-20)14-6-2-4-12(19-14)16(22)23/h1-6H,7-10H2,(H,22,23). The Morgan fingerprint density at radius 1 is 1.00 bits per heavy atom. The number of hydrogen-bond donors (Lipinski definition) is 1. The Hall–Kier alpha value is -2.70. The van der Waals surface area contributed by atoms with Crippen molar-refractivity contribution in [2.75, 3.05) is 36.0 Å². The quantitative estimate of drug-likeness (QED) is 0.941. The van der Waals surface area contributed by atoms with E-state index < -0.39 is 17.6 Å². The number of piperazine rings is 1. The summed E-state index contributed by atoms with van der Waals surface area (Å²) in [5.74, 6) is -2.20. The molecule has 23 heavy (non-hydrogen) atoms. The fourth-order valence-electron chi connectivity index (χ4n) is 2.63. The molecule has 2 heterocycles. The molecule has 0 saturated carbocycles. The highest BCUT2D eigenvalue weighted by Crippen LogP contribution is 2.24. The summed E-state index contributed by atoms with van der Waals surface area (Å²) in [6, 6.07) is 8.95. The zero-order valence-electron chi connectivity index (χ0n) is 12.2. The molecule has 1 saturated heterocycles. The van der Waals surface area contributed by atoms with Gasteiger partial charge in [-0.2, -0.15) is 0 Å². The summed E-state index contributed by atoms with van der Waals surface area (Å²) in [6.45, 7) is 2.09. The third-order valence-electron chi connectivity index (χ3n) is 3.83. The first-order valence-corrected chi connectivity index (χ1v) is 7.20. The topological polar surface area (TPSA) is 56.7 Å². The molecule has 0 amide bonds. The van der Waals surface area contributed by atoms with Crippen molar-refractivity contribution < 1.29 is 18.7 Å². The third-order valence-corrected chi connectivity index (χ3v) is 3.83. The van der Waals surface area contributed by atoms with Gasteiger partial charge in [0.2, 0.25) is 0 Å². The van der Waals surface area contributed by atoms with Crippen molar-refractivity contribution in [3.63, 3.8) is 0 Å². The Balaban J connectivity index is 1.72. The zero-order valence-corrected chi connectivity index (χ0v) is 12.2. The molecular weight excluding hydrogens is 304 g/mol. The second-order valence-electron chi connectivity index (χ2n) is 5.23. The van der Waals surface area contributed by atoms with Crippen LogP contribution in [0.25, 0.3) is 0 Å². The van der Waals surface area contributed by atoms with Crippen LogP contribution in [0.4, 0.5) is 20.3 Å². The molecule has 1 N–H and O–H groups in total. The molecule has 2 aromatic rings. The van der Waals surface area contributed by atoms with Crippen LogP contribution >= 0.6 is 0 Å². The fraction of sp³-hybridized carbons (Fsp3) is 0.250.